The number of thiazole rings is 1. The number of carboxylic acid groups (broad SMARTS) is 1. The van der Waals surface area contributed by atoms with E-state index in [1.165, 1.54) is 11.3 Å². The minimum Gasteiger partial charge on any atom is -0.497 e. The second kappa shape index (κ2) is 7.00. The van der Waals surface area contributed by atoms with Gasteiger partial charge in [-0.05, 0) is 37.1 Å². The number of nitrogens with zero attached hydrogens (tertiary/aromatic N) is 2. The van der Waals surface area contributed by atoms with Gasteiger partial charge in [-0.2, -0.15) is 0 Å². The van der Waals surface area contributed by atoms with Gasteiger partial charge in [-0.3, -0.25) is 9.59 Å². The summed E-state index contributed by atoms with van der Waals surface area (Å²) in [6, 6.07) is 7.49. The summed E-state index contributed by atoms with van der Waals surface area (Å²) in [5.74, 6) is -0.760. The Morgan fingerprint density at radius 2 is 2.08 bits per heavy atom. The highest BCUT2D eigenvalue weighted by Crippen LogP contribution is 2.27. The number of carboxylic acids is 1. The molecule has 6 nitrogen and oxygen atoms in total. The van der Waals surface area contributed by atoms with Crippen LogP contribution in [-0.2, 0) is 4.79 Å². The number of methoxy groups -OCH3 is 1. The van der Waals surface area contributed by atoms with Crippen LogP contribution < -0.4 is 4.74 Å². The van der Waals surface area contributed by atoms with Crippen molar-refractivity contribution >= 4 is 23.2 Å². The molecular formula is C17H18N2O4S. The number of piperidine rings is 1. The fourth-order valence-electron chi connectivity index (χ4n) is 2.76. The average molecular weight is 346 g/mol. The summed E-state index contributed by atoms with van der Waals surface area (Å²) in [7, 11) is 1.61. The topological polar surface area (TPSA) is 79.7 Å². The molecule has 0 saturated carbocycles. The molecule has 1 amide bonds. The first-order chi connectivity index (χ1) is 11.6. The van der Waals surface area contributed by atoms with Crippen molar-refractivity contribution in [2.75, 3.05) is 20.2 Å². The van der Waals surface area contributed by atoms with Crippen LogP contribution in [0.15, 0.2) is 29.6 Å². The number of hydrogen-bond donors (Lipinski definition) is 1. The van der Waals surface area contributed by atoms with Crippen molar-refractivity contribution in [2.45, 2.75) is 12.8 Å². The number of rotatable bonds is 4. The van der Waals surface area contributed by atoms with E-state index in [1.807, 2.05) is 24.3 Å². The van der Waals surface area contributed by atoms with Crippen molar-refractivity contribution in [1.82, 2.24) is 9.88 Å². The molecule has 1 N–H and O–H groups in total. The molecule has 2 aromatic rings. The Bertz CT molecular complexity index is 741. The third kappa shape index (κ3) is 3.41. The van der Waals surface area contributed by atoms with E-state index in [0.717, 1.165) is 16.3 Å². The quantitative estimate of drug-likeness (QED) is 0.921. The molecule has 0 aliphatic carbocycles. The molecule has 1 fully saturated rings. The number of carbonyl (C=O) groups is 2. The summed E-state index contributed by atoms with van der Waals surface area (Å²) in [5, 5.41) is 11.6. The van der Waals surface area contributed by atoms with Crippen LogP contribution in [0.3, 0.4) is 0 Å². The van der Waals surface area contributed by atoms with Gasteiger partial charge >= 0.3 is 5.97 Å². The lowest BCUT2D eigenvalue weighted by atomic mass is 9.98. The summed E-state index contributed by atoms with van der Waals surface area (Å²) in [5.41, 5.74) is 1.29. The second-order valence-corrected chi connectivity index (χ2v) is 6.55. The van der Waals surface area contributed by atoms with Gasteiger partial charge in [0.25, 0.3) is 5.91 Å². The summed E-state index contributed by atoms with van der Waals surface area (Å²) < 4.78 is 5.13. The van der Waals surface area contributed by atoms with Crippen LogP contribution in [0, 0.1) is 5.92 Å². The number of amides is 1. The monoisotopic (exact) mass is 346 g/mol. The van der Waals surface area contributed by atoms with E-state index in [-0.39, 0.29) is 12.5 Å². The number of carbonyl (C=O) groups excluding carboxylic acids is 1. The van der Waals surface area contributed by atoms with Gasteiger partial charge in [-0.25, -0.2) is 4.98 Å². The fraction of sp³-hybridized carbons (Fsp3) is 0.353. The highest BCUT2D eigenvalue weighted by atomic mass is 32.1. The van der Waals surface area contributed by atoms with Gasteiger partial charge < -0.3 is 14.7 Å². The molecule has 0 bridgehead atoms. The van der Waals surface area contributed by atoms with Gasteiger partial charge in [-0.1, -0.05) is 0 Å². The van der Waals surface area contributed by atoms with Gasteiger partial charge in [0.2, 0.25) is 0 Å². The van der Waals surface area contributed by atoms with Crippen LogP contribution in [0.5, 0.6) is 5.75 Å². The molecular weight excluding hydrogens is 328 g/mol. The number of likely N-dealkylation sites (tertiary alicyclic amines) is 1. The fourth-order valence-corrected chi connectivity index (χ4v) is 3.56. The van der Waals surface area contributed by atoms with E-state index in [9.17, 15) is 9.59 Å². The lowest BCUT2D eigenvalue weighted by Gasteiger charge is -2.30. The molecule has 3 rings (SSSR count). The van der Waals surface area contributed by atoms with Gasteiger partial charge in [0, 0.05) is 24.0 Å². The van der Waals surface area contributed by atoms with E-state index < -0.39 is 11.9 Å². The predicted octanol–water partition coefficient (Wildman–Crippen LogP) is 2.76. The molecule has 1 unspecified atom stereocenters. The zero-order chi connectivity index (χ0) is 17.1. The molecule has 0 spiro atoms. The molecule has 24 heavy (non-hydrogen) atoms. The molecule has 1 aromatic carbocycles. The van der Waals surface area contributed by atoms with E-state index in [4.69, 9.17) is 9.84 Å². The molecule has 1 atom stereocenters. The molecule has 7 heteroatoms. The van der Waals surface area contributed by atoms with E-state index >= 15 is 0 Å². The van der Waals surface area contributed by atoms with Gasteiger partial charge in [0.15, 0.2) is 0 Å². The predicted molar refractivity (Wildman–Crippen MR) is 90.4 cm³/mol. The van der Waals surface area contributed by atoms with E-state index in [0.29, 0.717) is 25.1 Å². The van der Waals surface area contributed by atoms with Crippen LogP contribution >= 0.6 is 11.3 Å². The number of aromatic nitrogens is 1. The van der Waals surface area contributed by atoms with Crippen molar-refractivity contribution in [1.29, 1.82) is 0 Å². The summed E-state index contributed by atoms with van der Waals surface area (Å²) in [4.78, 5) is 29.7. The summed E-state index contributed by atoms with van der Waals surface area (Å²) >= 11 is 1.40. The SMILES string of the molecule is COc1ccc(-c2nc(C(=O)N3CCCC(C(=O)O)C3)cs2)cc1. The van der Waals surface area contributed by atoms with Crippen LogP contribution in [0.4, 0.5) is 0 Å². The number of aliphatic carboxylic acids is 1. The van der Waals surface area contributed by atoms with Crippen molar-refractivity contribution in [3.63, 3.8) is 0 Å². The van der Waals surface area contributed by atoms with Crippen molar-refractivity contribution in [3.05, 3.63) is 35.3 Å². The third-order valence-electron chi connectivity index (χ3n) is 4.12. The lowest BCUT2D eigenvalue weighted by molar-refractivity contribution is -0.143. The molecule has 1 aliphatic heterocycles. The maximum absolute atomic E-state index is 12.6. The standard InChI is InChI=1S/C17H18N2O4S/c1-23-13-6-4-11(5-7-13)15-18-14(10-24-15)16(20)19-8-2-3-12(9-19)17(21)22/h4-7,10,12H,2-3,8-9H2,1H3,(H,21,22). The largest absolute Gasteiger partial charge is 0.497 e. The number of benzene rings is 1. The Balaban J connectivity index is 1.74. The Kier molecular flexibility index (Phi) is 4.80. The van der Waals surface area contributed by atoms with Crippen LogP contribution in [0.25, 0.3) is 10.6 Å². The Morgan fingerprint density at radius 3 is 2.75 bits per heavy atom. The highest BCUT2D eigenvalue weighted by Gasteiger charge is 2.29. The van der Waals surface area contributed by atoms with Crippen molar-refractivity contribution in [2.24, 2.45) is 5.92 Å². The Labute approximate surface area is 143 Å². The minimum absolute atomic E-state index is 0.197. The normalized spacial score (nSPS) is 17.5. The maximum atomic E-state index is 12.6. The zero-order valence-corrected chi connectivity index (χ0v) is 14.1. The summed E-state index contributed by atoms with van der Waals surface area (Å²) in [6.45, 7) is 0.835. The van der Waals surface area contributed by atoms with Gasteiger partial charge in [0.1, 0.15) is 16.5 Å². The number of ether oxygens (including phenoxy) is 1. The summed E-state index contributed by atoms with van der Waals surface area (Å²) in [6.07, 6.45) is 1.32. The first kappa shape index (κ1) is 16.4. The Morgan fingerprint density at radius 1 is 1.33 bits per heavy atom. The van der Waals surface area contributed by atoms with Crippen molar-refractivity contribution in [3.8, 4) is 16.3 Å². The van der Waals surface area contributed by atoms with Crippen molar-refractivity contribution < 1.29 is 19.4 Å². The van der Waals surface area contributed by atoms with Crippen LogP contribution in [0.2, 0.25) is 0 Å². The Hall–Kier alpha value is -2.41. The maximum Gasteiger partial charge on any atom is 0.308 e. The second-order valence-electron chi connectivity index (χ2n) is 5.69. The number of hydrogen-bond acceptors (Lipinski definition) is 5. The third-order valence-corrected chi connectivity index (χ3v) is 5.01. The smallest absolute Gasteiger partial charge is 0.308 e. The first-order valence-electron chi connectivity index (χ1n) is 7.70. The molecule has 1 saturated heterocycles. The molecule has 1 aliphatic rings. The first-order valence-corrected chi connectivity index (χ1v) is 8.58. The van der Waals surface area contributed by atoms with E-state index in [2.05, 4.69) is 4.98 Å². The molecule has 0 radical (unpaired) electrons. The highest BCUT2D eigenvalue weighted by molar-refractivity contribution is 7.13. The minimum atomic E-state index is -0.843. The van der Waals surface area contributed by atoms with E-state index in [1.54, 1.807) is 17.4 Å². The molecule has 2 heterocycles. The molecule has 126 valence electrons. The van der Waals surface area contributed by atoms with Gasteiger partial charge in [0.05, 0.1) is 13.0 Å². The molecule has 1 aromatic heterocycles. The average Bonchev–Trinajstić information content (AvgIpc) is 3.11. The van der Waals surface area contributed by atoms with Crippen LogP contribution in [0.1, 0.15) is 23.3 Å². The lowest BCUT2D eigenvalue weighted by Crippen LogP contribution is -2.42. The van der Waals surface area contributed by atoms with Crippen LogP contribution in [-0.4, -0.2) is 47.1 Å². The zero-order valence-electron chi connectivity index (χ0n) is 13.3. The van der Waals surface area contributed by atoms with Gasteiger partial charge in [-0.15, -0.1) is 11.3 Å².